The lowest BCUT2D eigenvalue weighted by molar-refractivity contribution is -0.128. The van der Waals surface area contributed by atoms with Gasteiger partial charge in [-0.05, 0) is 43.0 Å². The Labute approximate surface area is 171 Å². The molecule has 2 fully saturated rings. The molecule has 3 atom stereocenters. The minimum atomic E-state index is -0.659. The summed E-state index contributed by atoms with van der Waals surface area (Å²) in [6.07, 6.45) is 4.63. The fourth-order valence-electron chi connectivity index (χ4n) is 3.88. The van der Waals surface area contributed by atoms with E-state index < -0.39 is 12.1 Å². The minimum Gasteiger partial charge on any atom is -0.368 e. The van der Waals surface area contributed by atoms with Crippen molar-refractivity contribution >= 4 is 28.9 Å². The van der Waals surface area contributed by atoms with Crippen molar-refractivity contribution in [2.75, 3.05) is 6.61 Å². The first-order chi connectivity index (χ1) is 13.4. The normalized spacial score (nSPS) is 24.2. The van der Waals surface area contributed by atoms with Crippen LogP contribution in [0.4, 0.5) is 0 Å². The summed E-state index contributed by atoms with van der Waals surface area (Å²) < 4.78 is 5.30. The van der Waals surface area contributed by atoms with Gasteiger partial charge in [0.2, 0.25) is 5.91 Å². The van der Waals surface area contributed by atoms with Crippen LogP contribution in [0.1, 0.15) is 69.5 Å². The lowest BCUT2D eigenvalue weighted by Crippen LogP contribution is -2.54. The molecule has 0 aromatic carbocycles. The molecule has 1 saturated carbocycles. The van der Waals surface area contributed by atoms with Crippen LogP contribution in [0.15, 0.2) is 17.5 Å². The maximum Gasteiger partial charge on any atom is 0.261 e. The minimum absolute atomic E-state index is 0.0239. The molecule has 1 aromatic heterocycles. The van der Waals surface area contributed by atoms with E-state index >= 15 is 0 Å². The van der Waals surface area contributed by atoms with Crippen LogP contribution in [-0.2, 0) is 14.3 Å². The largest absolute Gasteiger partial charge is 0.368 e. The van der Waals surface area contributed by atoms with Crippen LogP contribution in [0, 0.1) is 5.41 Å². The summed E-state index contributed by atoms with van der Waals surface area (Å²) in [5, 5.41) is 7.51. The van der Waals surface area contributed by atoms with E-state index in [-0.39, 0.29) is 35.7 Å². The number of carbonyl (C=O) groups is 3. The quantitative estimate of drug-likeness (QED) is 0.756. The number of hydrogen-bond donors (Lipinski definition) is 2. The lowest BCUT2D eigenvalue weighted by Gasteiger charge is -2.30. The number of Topliss-reactive ketones (excluding diaryl/α,β-unsaturated/α-hetero) is 1. The molecule has 1 saturated heterocycles. The number of amides is 2. The monoisotopic (exact) mass is 408 g/mol. The topological polar surface area (TPSA) is 84.5 Å². The second kappa shape index (κ2) is 10.2. The van der Waals surface area contributed by atoms with E-state index in [1.54, 1.807) is 13.0 Å². The number of nitrogens with one attached hydrogen (secondary N) is 2. The number of rotatable bonds is 6. The van der Waals surface area contributed by atoms with Crippen molar-refractivity contribution in [3.63, 3.8) is 0 Å². The second-order valence-corrected chi connectivity index (χ2v) is 8.64. The van der Waals surface area contributed by atoms with E-state index in [0.29, 0.717) is 11.3 Å². The van der Waals surface area contributed by atoms with Crippen molar-refractivity contribution in [1.82, 2.24) is 10.6 Å². The van der Waals surface area contributed by atoms with E-state index in [1.807, 2.05) is 25.3 Å². The van der Waals surface area contributed by atoms with Gasteiger partial charge in [0.25, 0.3) is 5.91 Å². The smallest absolute Gasteiger partial charge is 0.261 e. The highest BCUT2D eigenvalue weighted by Gasteiger charge is 2.39. The van der Waals surface area contributed by atoms with Crippen molar-refractivity contribution in [3.8, 4) is 0 Å². The van der Waals surface area contributed by atoms with Gasteiger partial charge in [-0.2, -0.15) is 0 Å². The SMILES string of the molecule is CC.C[C@@H]1OCC(=O)[C@H]1NC(=O)C(CC1(C)CCCC1)NC(=O)c1cccs1. The molecule has 2 N–H and O–H groups in total. The Morgan fingerprint density at radius 3 is 2.54 bits per heavy atom. The van der Waals surface area contributed by atoms with Gasteiger partial charge in [0.15, 0.2) is 5.78 Å². The molecule has 3 rings (SSSR count). The molecule has 28 heavy (non-hydrogen) atoms. The number of carbonyl (C=O) groups excluding carboxylic acids is 3. The highest BCUT2D eigenvalue weighted by Crippen LogP contribution is 2.41. The predicted octanol–water partition coefficient (Wildman–Crippen LogP) is 3.32. The van der Waals surface area contributed by atoms with Gasteiger partial charge in [-0.1, -0.05) is 39.7 Å². The lowest BCUT2D eigenvalue weighted by atomic mass is 9.81. The Kier molecular flexibility index (Phi) is 8.19. The summed E-state index contributed by atoms with van der Waals surface area (Å²) in [6.45, 7) is 7.97. The summed E-state index contributed by atoms with van der Waals surface area (Å²) in [7, 11) is 0. The molecule has 2 aliphatic rings. The highest BCUT2D eigenvalue weighted by molar-refractivity contribution is 7.12. The van der Waals surface area contributed by atoms with Crippen LogP contribution in [0.2, 0.25) is 0 Å². The van der Waals surface area contributed by atoms with Gasteiger partial charge in [0, 0.05) is 0 Å². The average molecular weight is 409 g/mol. The Balaban J connectivity index is 0.00000136. The summed E-state index contributed by atoms with van der Waals surface area (Å²) in [5.41, 5.74) is 0.0343. The number of hydrogen-bond acceptors (Lipinski definition) is 5. The summed E-state index contributed by atoms with van der Waals surface area (Å²) >= 11 is 1.34. The van der Waals surface area contributed by atoms with Gasteiger partial charge >= 0.3 is 0 Å². The van der Waals surface area contributed by atoms with Gasteiger partial charge in [0.05, 0.1) is 11.0 Å². The molecule has 0 spiro atoms. The molecule has 2 amide bonds. The fourth-order valence-corrected chi connectivity index (χ4v) is 4.51. The molecule has 1 aliphatic carbocycles. The van der Waals surface area contributed by atoms with Crippen LogP contribution < -0.4 is 10.6 Å². The van der Waals surface area contributed by atoms with Crippen LogP contribution in [0.5, 0.6) is 0 Å². The number of ketones is 1. The molecule has 0 radical (unpaired) electrons. The Hall–Kier alpha value is -1.73. The molecule has 7 heteroatoms. The zero-order valence-corrected chi connectivity index (χ0v) is 18.1. The molecular formula is C21H32N2O4S. The molecule has 0 bridgehead atoms. The van der Waals surface area contributed by atoms with E-state index in [2.05, 4.69) is 17.6 Å². The molecule has 2 heterocycles. The first-order valence-electron chi connectivity index (χ1n) is 10.2. The first-order valence-corrected chi connectivity index (χ1v) is 11.0. The summed E-state index contributed by atoms with van der Waals surface area (Å²) in [4.78, 5) is 37.9. The third kappa shape index (κ3) is 5.64. The maximum absolute atomic E-state index is 12.9. The van der Waals surface area contributed by atoms with E-state index in [1.165, 1.54) is 11.3 Å². The van der Waals surface area contributed by atoms with Crippen molar-refractivity contribution in [2.24, 2.45) is 5.41 Å². The number of thiophene rings is 1. The van der Waals surface area contributed by atoms with Crippen LogP contribution in [-0.4, -0.2) is 42.4 Å². The van der Waals surface area contributed by atoms with Gasteiger partial charge in [-0.3, -0.25) is 14.4 Å². The van der Waals surface area contributed by atoms with Gasteiger partial charge in [-0.25, -0.2) is 0 Å². The van der Waals surface area contributed by atoms with Crippen LogP contribution in [0.3, 0.4) is 0 Å². The van der Waals surface area contributed by atoms with Gasteiger partial charge in [0.1, 0.15) is 18.7 Å². The van der Waals surface area contributed by atoms with Crippen molar-refractivity contribution in [1.29, 1.82) is 0 Å². The zero-order chi connectivity index (χ0) is 20.7. The third-order valence-corrected chi connectivity index (χ3v) is 6.35. The Morgan fingerprint density at radius 1 is 1.32 bits per heavy atom. The second-order valence-electron chi connectivity index (χ2n) is 7.69. The number of ether oxygens (including phenoxy) is 1. The predicted molar refractivity (Wildman–Crippen MR) is 110 cm³/mol. The summed E-state index contributed by atoms with van der Waals surface area (Å²) in [6, 6.07) is 2.25. The van der Waals surface area contributed by atoms with E-state index in [9.17, 15) is 14.4 Å². The van der Waals surface area contributed by atoms with Crippen molar-refractivity contribution in [2.45, 2.75) is 78.0 Å². The molecule has 1 aliphatic heterocycles. The fraction of sp³-hybridized carbons (Fsp3) is 0.667. The molecule has 1 aromatic rings. The van der Waals surface area contributed by atoms with Gasteiger partial charge in [-0.15, -0.1) is 11.3 Å². The van der Waals surface area contributed by atoms with E-state index in [0.717, 1.165) is 25.7 Å². The third-order valence-electron chi connectivity index (χ3n) is 5.48. The van der Waals surface area contributed by atoms with Crippen molar-refractivity contribution < 1.29 is 19.1 Å². The van der Waals surface area contributed by atoms with E-state index in [4.69, 9.17) is 4.74 Å². The standard InChI is InChI=1S/C19H26N2O4S.C2H6/c1-12-16(14(22)11-25-12)21-17(23)13(10-19(2)7-3-4-8-19)20-18(24)15-6-5-9-26-15;1-2/h5-6,9,12-13,16H,3-4,7-8,10-11H2,1-2H3,(H,20,24)(H,21,23);1-2H3/t12-,13?,16-;/m0./s1. The summed E-state index contributed by atoms with van der Waals surface area (Å²) in [5.74, 6) is -0.677. The molecule has 1 unspecified atom stereocenters. The van der Waals surface area contributed by atoms with Crippen molar-refractivity contribution in [3.05, 3.63) is 22.4 Å². The Morgan fingerprint density at radius 2 is 2.00 bits per heavy atom. The average Bonchev–Trinajstić information content (AvgIpc) is 3.42. The molecular weight excluding hydrogens is 376 g/mol. The van der Waals surface area contributed by atoms with Crippen LogP contribution in [0.25, 0.3) is 0 Å². The molecule has 6 nitrogen and oxygen atoms in total. The highest BCUT2D eigenvalue weighted by atomic mass is 32.1. The Bertz CT molecular complexity index is 668. The van der Waals surface area contributed by atoms with Crippen LogP contribution >= 0.6 is 11.3 Å². The first kappa shape index (κ1) is 22.6. The zero-order valence-electron chi connectivity index (χ0n) is 17.2. The van der Waals surface area contributed by atoms with Gasteiger partial charge < -0.3 is 15.4 Å². The molecule has 156 valence electrons. The maximum atomic E-state index is 12.9.